The molecule has 3 aromatic rings. The lowest BCUT2D eigenvalue weighted by Crippen LogP contribution is -2.36. The number of nitrogens with zero attached hydrogens (tertiary/aromatic N) is 2. The first-order valence-electron chi connectivity index (χ1n) is 12.2. The topological polar surface area (TPSA) is 83.6 Å². The van der Waals surface area contributed by atoms with Crippen molar-refractivity contribution < 1.29 is 14.3 Å². The van der Waals surface area contributed by atoms with Gasteiger partial charge in [0.1, 0.15) is 5.60 Å². The molecule has 0 saturated carbocycles. The summed E-state index contributed by atoms with van der Waals surface area (Å²) < 4.78 is 5.51. The first kappa shape index (κ1) is 26.4. The highest BCUT2D eigenvalue weighted by Gasteiger charge is 2.28. The number of hydrogen-bond acceptors (Lipinski definition) is 7. The maximum atomic E-state index is 12.4. The highest BCUT2D eigenvalue weighted by Crippen LogP contribution is 2.39. The van der Waals surface area contributed by atoms with Crippen LogP contribution in [0.2, 0.25) is 0 Å². The normalized spacial score (nSPS) is 15.0. The predicted octanol–water partition coefficient (Wildman–Crippen LogP) is 5.40. The van der Waals surface area contributed by atoms with Crippen LogP contribution < -0.4 is 15.8 Å². The Bertz CT molecular complexity index is 1290. The summed E-state index contributed by atoms with van der Waals surface area (Å²) in [6.07, 6.45) is 6.07. The van der Waals surface area contributed by atoms with Crippen molar-refractivity contribution in [2.75, 3.05) is 18.6 Å². The smallest absolute Gasteiger partial charge is 0.308 e. The zero-order valence-corrected chi connectivity index (χ0v) is 22.3. The number of hydrazine groups is 1. The molecule has 1 amide bonds. The lowest BCUT2D eigenvalue weighted by molar-refractivity contribution is -0.154. The van der Waals surface area contributed by atoms with Gasteiger partial charge in [0.25, 0.3) is 5.91 Å². The molecule has 0 aliphatic carbocycles. The molecular weight excluding hydrogens is 484 g/mol. The van der Waals surface area contributed by atoms with Crippen molar-refractivity contribution in [3.63, 3.8) is 0 Å². The summed E-state index contributed by atoms with van der Waals surface area (Å²) in [6, 6.07) is 19.5. The Morgan fingerprint density at radius 3 is 2.65 bits per heavy atom. The van der Waals surface area contributed by atoms with Crippen molar-refractivity contribution in [2.45, 2.75) is 48.6 Å². The number of carbonyl (C=O) groups excluding carboxylic acids is 2. The maximum Gasteiger partial charge on any atom is 0.308 e. The third-order valence-corrected chi connectivity index (χ3v) is 6.68. The van der Waals surface area contributed by atoms with E-state index in [2.05, 4.69) is 40.0 Å². The number of nitrogens with one attached hydrogen (secondary N) is 2. The monoisotopic (exact) mass is 516 g/mol. The minimum atomic E-state index is -0.524. The molecule has 1 atom stereocenters. The quantitative estimate of drug-likeness (QED) is 0.388. The van der Waals surface area contributed by atoms with E-state index in [1.807, 2.05) is 74.3 Å². The van der Waals surface area contributed by atoms with Crippen LogP contribution in [-0.4, -0.2) is 36.1 Å². The third-order valence-electron chi connectivity index (χ3n) is 5.62. The van der Waals surface area contributed by atoms with Crippen LogP contribution in [0.4, 0.5) is 5.69 Å². The summed E-state index contributed by atoms with van der Waals surface area (Å²) in [5.41, 5.74) is 6.58. The second-order valence-electron chi connectivity index (χ2n) is 9.61. The minimum absolute atomic E-state index is 0.0761. The van der Waals surface area contributed by atoms with Crippen LogP contribution in [0.1, 0.15) is 54.8 Å². The van der Waals surface area contributed by atoms with E-state index in [0.717, 1.165) is 26.7 Å². The molecule has 37 heavy (non-hydrogen) atoms. The fourth-order valence-corrected chi connectivity index (χ4v) is 4.97. The summed E-state index contributed by atoms with van der Waals surface area (Å²) >= 11 is 1.53. The largest absolute Gasteiger partial charge is 0.460 e. The molecule has 1 aliphatic heterocycles. The van der Waals surface area contributed by atoms with Crippen molar-refractivity contribution >= 4 is 35.4 Å². The van der Waals surface area contributed by atoms with Gasteiger partial charge in [0.2, 0.25) is 0 Å². The number of benzene rings is 2. The zero-order chi connectivity index (χ0) is 26.4. The van der Waals surface area contributed by atoms with E-state index in [9.17, 15) is 9.59 Å². The van der Waals surface area contributed by atoms with Crippen LogP contribution in [-0.2, 0) is 9.53 Å². The Kier molecular flexibility index (Phi) is 8.31. The van der Waals surface area contributed by atoms with Crippen LogP contribution in [0.3, 0.4) is 0 Å². The SMILES string of the molecule is CNC(=O)c1ccccc1Sc1ccc2c(c1)N(CCC(=O)OC(C)(C)C)NC2/C=C/c1ccccn1. The number of aromatic nitrogens is 1. The number of carbonyl (C=O) groups is 2. The number of esters is 1. The number of amides is 1. The standard InChI is InChI=1S/C29H32N4O3S/c1-29(2,3)36-27(34)16-18-33-25-19-21(37-26-11-6-5-10-23(26)28(35)30-4)13-14-22(25)24(32-33)15-12-20-9-7-8-17-31-20/h5-15,17,19,24,32H,16,18H2,1-4H3,(H,30,35)/b15-12+. The molecule has 8 heteroatoms. The average Bonchev–Trinajstić information content (AvgIpc) is 3.22. The van der Waals surface area contributed by atoms with Crippen LogP contribution >= 0.6 is 11.8 Å². The molecule has 2 heterocycles. The van der Waals surface area contributed by atoms with Gasteiger partial charge in [-0.25, -0.2) is 5.43 Å². The number of pyridine rings is 1. The van der Waals surface area contributed by atoms with Gasteiger partial charge in [0.15, 0.2) is 0 Å². The highest BCUT2D eigenvalue weighted by molar-refractivity contribution is 7.99. The van der Waals surface area contributed by atoms with Crippen molar-refractivity contribution in [3.8, 4) is 0 Å². The van der Waals surface area contributed by atoms with Gasteiger partial charge in [-0.05, 0) is 68.8 Å². The lowest BCUT2D eigenvalue weighted by atomic mass is 10.1. The van der Waals surface area contributed by atoms with Crippen molar-refractivity contribution in [2.24, 2.45) is 0 Å². The summed E-state index contributed by atoms with van der Waals surface area (Å²) in [4.78, 5) is 31.0. The molecule has 2 aromatic carbocycles. The van der Waals surface area contributed by atoms with Gasteiger partial charge in [-0.1, -0.05) is 42.1 Å². The molecule has 0 fully saturated rings. The molecule has 0 radical (unpaired) electrons. The predicted molar refractivity (Wildman–Crippen MR) is 147 cm³/mol. The van der Waals surface area contributed by atoms with Crippen LogP contribution in [0.5, 0.6) is 0 Å². The Hall–Kier alpha value is -3.62. The second-order valence-corrected chi connectivity index (χ2v) is 10.7. The van der Waals surface area contributed by atoms with E-state index in [4.69, 9.17) is 4.74 Å². The molecule has 4 rings (SSSR count). The molecule has 7 nitrogen and oxygen atoms in total. The first-order valence-corrected chi connectivity index (χ1v) is 13.0. The lowest BCUT2D eigenvalue weighted by Gasteiger charge is -2.23. The van der Waals surface area contributed by atoms with Gasteiger partial charge in [0, 0.05) is 29.6 Å². The number of hydrogen-bond donors (Lipinski definition) is 2. The Balaban J connectivity index is 1.59. The van der Waals surface area contributed by atoms with E-state index in [0.29, 0.717) is 12.1 Å². The number of rotatable bonds is 8. The van der Waals surface area contributed by atoms with Crippen LogP contribution in [0.25, 0.3) is 6.08 Å². The highest BCUT2D eigenvalue weighted by atomic mass is 32.2. The summed E-state index contributed by atoms with van der Waals surface area (Å²) in [5, 5.41) is 4.71. The first-order chi connectivity index (χ1) is 17.7. The van der Waals surface area contributed by atoms with Gasteiger partial charge in [-0.15, -0.1) is 0 Å². The molecule has 0 bridgehead atoms. The van der Waals surface area contributed by atoms with Gasteiger partial charge in [-0.2, -0.15) is 0 Å². The van der Waals surface area contributed by atoms with Gasteiger partial charge >= 0.3 is 5.97 Å². The van der Waals surface area contributed by atoms with Crippen LogP contribution in [0, 0.1) is 0 Å². The summed E-state index contributed by atoms with van der Waals surface area (Å²) in [6.45, 7) is 6.06. The van der Waals surface area contributed by atoms with E-state index in [1.165, 1.54) is 11.8 Å². The minimum Gasteiger partial charge on any atom is -0.460 e. The molecular formula is C29H32N4O3S. The summed E-state index contributed by atoms with van der Waals surface area (Å²) in [5.74, 6) is -0.363. The van der Waals surface area contributed by atoms with E-state index in [-0.39, 0.29) is 24.3 Å². The molecule has 1 aliphatic rings. The van der Waals surface area contributed by atoms with E-state index >= 15 is 0 Å². The van der Waals surface area contributed by atoms with Crippen LogP contribution in [0.15, 0.2) is 82.7 Å². The van der Waals surface area contributed by atoms with E-state index < -0.39 is 5.60 Å². The molecule has 192 valence electrons. The van der Waals surface area contributed by atoms with Crippen molar-refractivity contribution in [1.82, 2.24) is 15.7 Å². The second kappa shape index (κ2) is 11.6. The number of fused-ring (bicyclic) bond motifs is 1. The zero-order valence-electron chi connectivity index (χ0n) is 21.5. The Labute approximate surface area is 222 Å². The Morgan fingerprint density at radius 1 is 1.14 bits per heavy atom. The van der Waals surface area contributed by atoms with Gasteiger partial charge in [-0.3, -0.25) is 14.6 Å². The fraction of sp³-hybridized carbons (Fsp3) is 0.276. The van der Waals surface area contributed by atoms with Crippen molar-refractivity contribution in [3.05, 3.63) is 89.8 Å². The summed E-state index contributed by atoms with van der Waals surface area (Å²) in [7, 11) is 1.63. The average molecular weight is 517 g/mol. The molecule has 1 unspecified atom stereocenters. The maximum absolute atomic E-state index is 12.4. The number of anilines is 1. The van der Waals surface area contributed by atoms with Crippen molar-refractivity contribution in [1.29, 1.82) is 0 Å². The molecule has 0 spiro atoms. The fourth-order valence-electron chi connectivity index (χ4n) is 3.99. The van der Waals surface area contributed by atoms with Gasteiger partial charge in [0.05, 0.1) is 29.4 Å². The Morgan fingerprint density at radius 2 is 1.92 bits per heavy atom. The third kappa shape index (κ3) is 6.99. The number of ether oxygens (including phenoxy) is 1. The molecule has 1 aromatic heterocycles. The molecule has 2 N–H and O–H groups in total. The van der Waals surface area contributed by atoms with Gasteiger partial charge < -0.3 is 15.1 Å². The molecule has 0 saturated heterocycles. The van der Waals surface area contributed by atoms with E-state index in [1.54, 1.807) is 13.2 Å².